The van der Waals surface area contributed by atoms with Gasteiger partial charge in [0.1, 0.15) is 0 Å². The smallest absolute Gasteiger partial charge is 0.338 e. The predicted octanol–water partition coefficient (Wildman–Crippen LogP) is 1.87. The molecular weight excluding hydrogens is 270 g/mol. The Hall–Kier alpha value is -2.44. The number of aromatic nitrogens is 4. The summed E-state index contributed by atoms with van der Waals surface area (Å²) in [6.45, 7) is 5.57. The molecule has 112 valence electrons. The van der Waals surface area contributed by atoms with Crippen molar-refractivity contribution in [1.82, 2.24) is 20.2 Å². The number of nitrogens with one attached hydrogen (secondary N) is 1. The minimum absolute atomic E-state index is 0.309. The van der Waals surface area contributed by atoms with E-state index in [2.05, 4.69) is 27.8 Å². The summed E-state index contributed by atoms with van der Waals surface area (Å²) in [5, 5.41) is 14.8. The van der Waals surface area contributed by atoms with Crippen LogP contribution in [0.25, 0.3) is 0 Å². The van der Waals surface area contributed by atoms with Gasteiger partial charge in [-0.1, -0.05) is 6.92 Å². The van der Waals surface area contributed by atoms with Gasteiger partial charge in [-0.05, 0) is 48.0 Å². The van der Waals surface area contributed by atoms with Gasteiger partial charge in [0.05, 0.1) is 18.7 Å². The molecule has 1 aromatic heterocycles. The number of carbonyl (C=O) groups is 1. The fraction of sp³-hybridized carbons (Fsp3) is 0.429. The molecular formula is C14H19N5O2. The molecule has 0 amide bonds. The Balaban J connectivity index is 1.94. The van der Waals surface area contributed by atoms with E-state index in [0.717, 1.165) is 24.5 Å². The van der Waals surface area contributed by atoms with E-state index in [9.17, 15) is 4.79 Å². The molecule has 0 saturated carbocycles. The highest BCUT2D eigenvalue weighted by Crippen LogP contribution is 2.11. The van der Waals surface area contributed by atoms with Gasteiger partial charge >= 0.3 is 5.97 Å². The molecule has 0 unspecified atom stereocenters. The maximum atomic E-state index is 11.5. The van der Waals surface area contributed by atoms with Gasteiger partial charge in [0.2, 0.25) is 0 Å². The second kappa shape index (κ2) is 7.37. The van der Waals surface area contributed by atoms with Gasteiger partial charge in [-0.3, -0.25) is 0 Å². The van der Waals surface area contributed by atoms with Crippen molar-refractivity contribution in [2.24, 2.45) is 0 Å². The SMILES string of the molecule is CCCn1nnnc1CNc1ccc(C(=O)OCC)cc1. The predicted molar refractivity (Wildman–Crippen MR) is 77.8 cm³/mol. The molecule has 21 heavy (non-hydrogen) atoms. The van der Waals surface area contributed by atoms with Crippen LogP contribution >= 0.6 is 0 Å². The molecule has 1 aromatic carbocycles. The number of hydrogen-bond acceptors (Lipinski definition) is 6. The van der Waals surface area contributed by atoms with E-state index in [1.807, 2.05) is 12.1 Å². The van der Waals surface area contributed by atoms with E-state index in [1.54, 1.807) is 23.7 Å². The molecule has 0 fully saturated rings. The summed E-state index contributed by atoms with van der Waals surface area (Å²) < 4.78 is 6.72. The van der Waals surface area contributed by atoms with Crippen LogP contribution in [0.5, 0.6) is 0 Å². The topological polar surface area (TPSA) is 81.9 Å². The third kappa shape index (κ3) is 4.01. The lowest BCUT2D eigenvalue weighted by atomic mass is 10.2. The number of hydrogen-bond donors (Lipinski definition) is 1. The third-order valence-corrected chi connectivity index (χ3v) is 2.89. The Labute approximate surface area is 123 Å². The molecule has 0 spiro atoms. The average Bonchev–Trinajstić information content (AvgIpc) is 2.94. The number of benzene rings is 1. The minimum Gasteiger partial charge on any atom is -0.462 e. The van der Waals surface area contributed by atoms with Crippen LogP contribution in [0.15, 0.2) is 24.3 Å². The molecule has 2 rings (SSSR count). The Kier molecular flexibility index (Phi) is 5.25. The van der Waals surface area contributed by atoms with Crippen LogP contribution in [0.4, 0.5) is 5.69 Å². The zero-order valence-electron chi connectivity index (χ0n) is 12.2. The molecule has 0 bridgehead atoms. The van der Waals surface area contributed by atoms with Crippen LogP contribution < -0.4 is 5.32 Å². The fourth-order valence-corrected chi connectivity index (χ4v) is 1.86. The minimum atomic E-state index is -0.309. The van der Waals surface area contributed by atoms with Gasteiger partial charge in [0.25, 0.3) is 0 Å². The van der Waals surface area contributed by atoms with Crippen LogP contribution in [-0.4, -0.2) is 32.8 Å². The van der Waals surface area contributed by atoms with Crippen LogP contribution in [0, 0.1) is 0 Å². The van der Waals surface area contributed by atoms with Gasteiger partial charge in [0.15, 0.2) is 5.82 Å². The number of esters is 1. The summed E-state index contributed by atoms with van der Waals surface area (Å²) in [5.41, 5.74) is 1.44. The first-order valence-corrected chi connectivity index (χ1v) is 7.00. The van der Waals surface area contributed by atoms with E-state index >= 15 is 0 Å². The number of tetrazole rings is 1. The van der Waals surface area contributed by atoms with Gasteiger partial charge in [-0.25, -0.2) is 9.48 Å². The first-order chi connectivity index (χ1) is 10.2. The average molecular weight is 289 g/mol. The van der Waals surface area contributed by atoms with Crippen molar-refractivity contribution in [2.45, 2.75) is 33.4 Å². The zero-order chi connectivity index (χ0) is 15.1. The lowest BCUT2D eigenvalue weighted by molar-refractivity contribution is 0.0526. The molecule has 1 N–H and O–H groups in total. The van der Waals surface area contributed by atoms with Crippen molar-refractivity contribution in [2.75, 3.05) is 11.9 Å². The maximum absolute atomic E-state index is 11.5. The molecule has 0 aliphatic heterocycles. The molecule has 0 radical (unpaired) electrons. The van der Waals surface area contributed by atoms with Crippen molar-refractivity contribution in [1.29, 1.82) is 0 Å². The van der Waals surface area contributed by atoms with Crippen molar-refractivity contribution in [3.05, 3.63) is 35.7 Å². The lowest BCUT2D eigenvalue weighted by Crippen LogP contribution is -2.10. The van der Waals surface area contributed by atoms with Gasteiger partial charge in [-0.2, -0.15) is 0 Å². The second-order valence-corrected chi connectivity index (χ2v) is 4.47. The molecule has 0 atom stereocenters. The largest absolute Gasteiger partial charge is 0.462 e. The number of carbonyl (C=O) groups excluding carboxylic acids is 1. The van der Waals surface area contributed by atoms with E-state index < -0.39 is 0 Å². The Morgan fingerprint density at radius 1 is 1.29 bits per heavy atom. The summed E-state index contributed by atoms with van der Waals surface area (Å²) >= 11 is 0. The molecule has 1 heterocycles. The van der Waals surface area contributed by atoms with Crippen molar-refractivity contribution >= 4 is 11.7 Å². The Morgan fingerprint density at radius 2 is 2.05 bits per heavy atom. The van der Waals surface area contributed by atoms with Crippen molar-refractivity contribution in [3.8, 4) is 0 Å². The monoisotopic (exact) mass is 289 g/mol. The summed E-state index contributed by atoms with van der Waals surface area (Å²) in [6.07, 6.45) is 0.978. The highest BCUT2D eigenvalue weighted by molar-refractivity contribution is 5.89. The van der Waals surface area contributed by atoms with Gasteiger partial charge < -0.3 is 10.1 Å². The Bertz CT molecular complexity index is 579. The van der Waals surface area contributed by atoms with E-state index in [-0.39, 0.29) is 5.97 Å². The van der Waals surface area contributed by atoms with Crippen LogP contribution in [0.2, 0.25) is 0 Å². The number of aryl methyl sites for hydroxylation is 1. The lowest BCUT2D eigenvalue weighted by Gasteiger charge is -2.07. The van der Waals surface area contributed by atoms with Crippen molar-refractivity contribution < 1.29 is 9.53 Å². The number of anilines is 1. The molecule has 7 heteroatoms. The molecule has 0 aliphatic rings. The van der Waals surface area contributed by atoms with Crippen LogP contribution in [0.3, 0.4) is 0 Å². The molecule has 0 aliphatic carbocycles. The first-order valence-electron chi connectivity index (χ1n) is 7.00. The summed E-state index contributed by atoms with van der Waals surface area (Å²) in [6, 6.07) is 7.13. The zero-order valence-corrected chi connectivity index (χ0v) is 12.2. The number of ether oxygens (including phenoxy) is 1. The van der Waals surface area contributed by atoms with Gasteiger partial charge in [0, 0.05) is 12.2 Å². The summed E-state index contributed by atoms with van der Waals surface area (Å²) in [4.78, 5) is 11.5. The third-order valence-electron chi connectivity index (χ3n) is 2.89. The maximum Gasteiger partial charge on any atom is 0.338 e. The van der Waals surface area contributed by atoms with E-state index in [0.29, 0.717) is 18.7 Å². The fourth-order valence-electron chi connectivity index (χ4n) is 1.86. The summed E-state index contributed by atoms with van der Waals surface area (Å²) in [5.74, 6) is 0.474. The number of nitrogens with zero attached hydrogens (tertiary/aromatic N) is 4. The van der Waals surface area contributed by atoms with Gasteiger partial charge in [-0.15, -0.1) is 5.10 Å². The quantitative estimate of drug-likeness (QED) is 0.784. The van der Waals surface area contributed by atoms with E-state index in [4.69, 9.17) is 4.74 Å². The van der Waals surface area contributed by atoms with Crippen LogP contribution in [-0.2, 0) is 17.8 Å². The number of rotatable bonds is 7. The summed E-state index contributed by atoms with van der Waals surface area (Å²) in [7, 11) is 0. The highest BCUT2D eigenvalue weighted by atomic mass is 16.5. The molecule has 7 nitrogen and oxygen atoms in total. The van der Waals surface area contributed by atoms with Crippen LogP contribution in [0.1, 0.15) is 36.5 Å². The first kappa shape index (κ1) is 15.0. The van der Waals surface area contributed by atoms with E-state index in [1.165, 1.54) is 0 Å². The highest BCUT2D eigenvalue weighted by Gasteiger charge is 2.07. The van der Waals surface area contributed by atoms with Crippen molar-refractivity contribution in [3.63, 3.8) is 0 Å². The second-order valence-electron chi connectivity index (χ2n) is 4.47. The molecule has 2 aromatic rings. The normalized spacial score (nSPS) is 10.4. The Morgan fingerprint density at radius 3 is 2.71 bits per heavy atom. The standard InChI is InChI=1S/C14H19N5O2/c1-3-9-19-13(16-17-18-19)10-15-12-7-5-11(6-8-12)14(20)21-4-2/h5-8,15H,3-4,9-10H2,1-2H3. The molecule has 0 saturated heterocycles.